The number of rotatable bonds is 4. The second kappa shape index (κ2) is 7.00. The van der Waals surface area contributed by atoms with Gasteiger partial charge in [-0.15, -0.1) is 0 Å². The van der Waals surface area contributed by atoms with Gasteiger partial charge in [-0.3, -0.25) is 4.79 Å². The number of aliphatic imine (C=N–C) groups is 2. The molecule has 0 aromatic heterocycles. The molecule has 0 spiro atoms. The van der Waals surface area contributed by atoms with Gasteiger partial charge < -0.3 is 22.5 Å². The molecule has 0 aliphatic rings. The zero-order valence-corrected chi connectivity index (χ0v) is 10.8. The average molecular weight is 262 g/mol. The highest BCUT2D eigenvalue weighted by molar-refractivity contribution is 5.93. The van der Waals surface area contributed by atoms with Gasteiger partial charge >= 0.3 is 0 Å². The van der Waals surface area contributed by atoms with Crippen molar-refractivity contribution in [3.8, 4) is 0 Å². The van der Waals surface area contributed by atoms with Crippen LogP contribution in [0.4, 0.5) is 5.69 Å². The van der Waals surface area contributed by atoms with Crippen molar-refractivity contribution < 1.29 is 4.79 Å². The van der Waals surface area contributed by atoms with E-state index >= 15 is 0 Å². The van der Waals surface area contributed by atoms with Crippen LogP contribution in [-0.4, -0.2) is 24.9 Å². The van der Waals surface area contributed by atoms with E-state index in [1.807, 2.05) is 18.2 Å². The smallest absolute Gasteiger partial charge is 0.223 e. The lowest BCUT2D eigenvalue weighted by molar-refractivity contribution is -0.120. The van der Waals surface area contributed by atoms with E-state index in [0.717, 1.165) is 5.56 Å². The van der Waals surface area contributed by atoms with E-state index in [-0.39, 0.29) is 17.8 Å². The maximum absolute atomic E-state index is 11.2. The van der Waals surface area contributed by atoms with Crippen LogP contribution in [-0.2, 0) is 11.2 Å². The molecule has 0 saturated carbocycles. The summed E-state index contributed by atoms with van der Waals surface area (Å²) in [6.07, 6.45) is 1.05. The third-order valence-electron chi connectivity index (χ3n) is 2.32. The molecule has 7 nitrogen and oxygen atoms in total. The molecule has 0 saturated heterocycles. The van der Waals surface area contributed by atoms with Crippen molar-refractivity contribution in [3.05, 3.63) is 29.8 Å². The van der Waals surface area contributed by atoms with Crippen molar-refractivity contribution in [2.45, 2.75) is 12.8 Å². The first-order valence-electron chi connectivity index (χ1n) is 5.74. The quantitative estimate of drug-likeness (QED) is 0.433. The zero-order chi connectivity index (χ0) is 14.3. The Balaban J connectivity index is 2.77. The van der Waals surface area contributed by atoms with Crippen LogP contribution in [0.2, 0.25) is 0 Å². The van der Waals surface area contributed by atoms with Crippen molar-refractivity contribution in [2.75, 3.05) is 7.05 Å². The predicted octanol–water partition coefficient (Wildman–Crippen LogP) is -0.415. The van der Waals surface area contributed by atoms with Crippen LogP contribution in [0.15, 0.2) is 34.3 Å². The van der Waals surface area contributed by atoms with Crippen molar-refractivity contribution >= 4 is 23.5 Å². The molecule has 7 N–H and O–H groups in total. The summed E-state index contributed by atoms with van der Waals surface area (Å²) >= 11 is 0. The molecule has 1 rings (SSSR count). The van der Waals surface area contributed by atoms with Crippen molar-refractivity contribution in [3.63, 3.8) is 0 Å². The van der Waals surface area contributed by atoms with Crippen LogP contribution < -0.4 is 22.5 Å². The summed E-state index contributed by atoms with van der Waals surface area (Å²) in [6.45, 7) is 0. The Morgan fingerprint density at radius 2 is 2.05 bits per heavy atom. The second-order valence-electron chi connectivity index (χ2n) is 3.85. The van der Waals surface area contributed by atoms with E-state index in [0.29, 0.717) is 18.5 Å². The van der Waals surface area contributed by atoms with E-state index in [4.69, 9.17) is 17.2 Å². The Morgan fingerprint density at radius 1 is 1.32 bits per heavy atom. The largest absolute Gasteiger partial charge is 0.370 e. The van der Waals surface area contributed by atoms with Gasteiger partial charge in [0.15, 0.2) is 5.96 Å². The Labute approximate surface area is 111 Å². The standard InChI is InChI=1S/C12H18N6O/c1-16-10(19)6-5-8-3-2-4-9(7-8)17-12(15)18-11(13)14/h2-4,7H,5-6H2,1H3,(H,16,19)(H6,13,14,15,17,18). The lowest BCUT2D eigenvalue weighted by Crippen LogP contribution is -2.26. The summed E-state index contributed by atoms with van der Waals surface area (Å²) < 4.78 is 0. The molecular formula is C12H18N6O. The van der Waals surface area contributed by atoms with Crippen molar-refractivity contribution in [1.29, 1.82) is 0 Å². The number of aryl methyl sites for hydroxylation is 1. The number of guanidine groups is 2. The predicted molar refractivity (Wildman–Crippen MR) is 75.9 cm³/mol. The van der Waals surface area contributed by atoms with Gasteiger partial charge in [-0.1, -0.05) is 12.1 Å². The maximum atomic E-state index is 11.2. The molecule has 7 heteroatoms. The van der Waals surface area contributed by atoms with E-state index in [9.17, 15) is 4.79 Å². The number of nitrogens with one attached hydrogen (secondary N) is 1. The van der Waals surface area contributed by atoms with E-state index in [1.165, 1.54) is 0 Å². The fourth-order valence-corrected chi connectivity index (χ4v) is 1.45. The Hall–Kier alpha value is -2.57. The van der Waals surface area contributed by atoms with Crippen LogP contribution in [0.5, 0.6) is 0 Å². The summed E-state index contributed by atoms with van der Waals surface area (Å²) in [4.78, 5) is 18.8. The number of benzene rings is 1. The van der Waals surface area contributed by atoms with Gasteiger partial charge in [0.2, 0.25) is 11.9 Å². The molecule has 1 aromatic carbocycles. The van der Waals surface area contributed by atoms with Gasteiger partial charge in [-0.25, -0.2) is 4.99 Å². The number of carbonyl (C=O) groups is 1. The lowest BCUT2D eigenvalue weighted by atomic mass is 10.1. The fourth-order valence-electron chi connectivity index (χ4n) is 1.45. The highest BCUT2D eigenvalue weighted by Crippen LogP contribution is 2.15. The number of hydrogen-bond acceptors (Lipinski definition) is 2. The summed E-state index contributed by atoms with van der Waals surface area (Å²) in [7, 11) is 1.61. The molecule has 0 aliphatic carbocycles. The van der Waals surface area contributed by atoms with Gasteiger partial charge in [-0.2, -0.15) is 4.99 Å². The molecule has 0 aliphatic heterocycles. The lowest BCUT2D eigenvalue weighted by Gasteiger charge is -2.02. The Kier molecular flexibility index (Phi) is 5.34. The molecule has 1 aromatic rings. The third kappa shape index (κ3) is 5.53. The topological polar surface area (TPSA) is 132 Å². The number of nitrogens with two attached hydrogens (primary N) is 3. The van der Waals surface area contributed by atoms with Crippen LogP contribution >= 0.6 is 0 Å². The van der Waals surface area contributed by atoms with Crippen molar-refractivity contribution in [2.24, 2.45) is 27.2 Å². The minimum atomic E-state index is -0.142. The number of amides is 1. The third-order valence-corrected chi connectivity index (χ3v) is 2.32. The first-order valence-corrected chi connectivity index (χ1v) is 5.74. The molecule has 0 unspecified atom stereocenters. The highest BCUT2D eigenvalue weighted by Gasteiger charge is 2.01. The number of hydrogen-bond donors (Lipinski definition) is 4. The molecule has 0 atom stereocenters. The van der Waals surface area contributed by atoms with E-state index in [1.54, 1.807) is 13.1 Å². The monoisotopic (exact) mass is 262 g/mol. The average Bonchev–Trinajstić information content (AvgIpc) is 2.35. The van der Waals surface area contributed by atoms with Gasteiger partial charge in [0.25, 0.3) is 0 Å². The minimum Gasteiger partial charge on any atom is -0.370 e. The van der Waals surface area contributed by atoms with Gasteiger partial charge in [0.05, 0.1) is 5.69 Å². The van der Waals surface area contributed by atoms with Crippen LogP contribution in [0, 0.1) is 0 Å². The van der Waals surface area contributed by atoms with E-state index < -0.39 is 0 Å². The van der Waals surface area contributed by atoms with Crippen LogP contribution in [0.1, 0.15) is 12.0 Å². The Morgan fingerprint density at radius 3 is 2.68 bits per heavy atom. The van der Waals surface area contributed by atoms with Gasteiger partial charge in [-0.05, 0) is 24.1 Å². The fraction of sp³-hybridized carbons (Fsp3) is 0.250. The van der Waals surface area contributed by atoms with Gasteiger partial charge in [0.1, 0.15) is 0 Å². The molecule has 0 bridgehead atoms. The molecule has 102 valence electrons. The maximum Gasteiger partial charge on any atom is 0.223 e. The molecule has 0 fully saturated rings. The van der Waals surface area contributed by atoms with Crippen LogP contribution in [0.25, 0.3) is 0 Å². The van der Waals surface area contributed by atoms with Crippen molar-refractivity contribution in [1.82, 2.24) is 5.32 Å². The first kappa shape index (κ1) is 14.5. The molecule has 0 heterocycles. The zero-order valence-electron chi connectivity index (χ0n) is 10.8. The van der Waals surface area contributed by atoms with E-state index in [2.05, 4.69) is 15.3 Å². The highest BCUT2D eigenvalue weighted by atomic mass is 16.1. The second-order valence-corrected chi connectivity index (χ2v) is 3.85. The van der Waals surface area contributed by atoms with Crippen LogP contribution in [0.3, 0.4) is 0 Å². The van der Waals surface area contributed by atoms with Gasteiger partial charge in [0, 0.05) is 13.5 Å². The number of carbonyl (C=O) groups excluding carboxylic acids is 1. The molecule has 0 radical (unpaired) electrons. The first-order chi connectivity index (χ1) is 9.01. The minimum absolute atomic E-state index is 0.00563. The summed E-state index contributed by atoms with van der Waals surface area (Å²) in [6, 6.07) is 7.36. The summed E-state index contributed by atoms with van der Waals surface area (Å²) in [5, 5.41) is 2.57. The molecule has 1 amide bonds. The summed E-state index contributed by atoms with van der Waals surface area (Å²) in [5.41, 5.74) is 17.6. The SMILES string of the molecule is CNC(=O)CCc1cccc(N=C(N)N=C(N)N)c1. The molecule has 19 heavy (non-hydrogen) atoms. The normalized spacial score (nSPS) is 10.9. The summed E-state index contributed by atoms with van der Waals surface area (Å²) in [5.74, 6) is -0.158. The Bertz CT molecular complexity index is 505. The number of nitrogens with zero attached hydrogens (tertiary/aromatic N) is 2. The molecular weight excluding hydrogens is 244 g/mol.